The number of nitrogens with one attached hydrogen (secondary N) is 1. The summed E-state index contributed by atoms with van der Waals surface area (Å²) >= 11 is 1.03. The van der Waals surface area contributed by atoms with Gasteiger partial charge in [0.05, 0.1) is 33.9 Å². The Balaban J connectivity index is 2.58. The van der Waals surface area contributed by atoms with Crippen molar-refractivity contribution in [3.05, 3.63) is 57.9 Å². The SMILES string of the molecule is N#CC1=C(N)NC(SCC(N)=O)=C(C(N)=O)C1c1ccccc1. The molecule has 0 saturated carbocycles. The summed E-state index contributed by atoms with van der Waals surface area (Å²) in [5.41, 5.74) is 17.7. The fraction of sp³-hybridized carbons (Fsp3) is 0.133. The van der Waals surface area contributed by atoms with Crippen LogP contribution in [-0.4, -0.2) is 17.6 Å². The van der Waals surface area contributed by atoms with Crippen LogP contribution < -0.4 is 22.5 Å². The van der Waals surface area contributed by atoms with E-state index in [9.17, 15) is 14.9 Å². The molecule has 23 heavy (non-hydrogen) atoms. The van der Waals surface area contributed by atoms with E-state index in [-0.39, 0.29) is 22.7 Å². The second-order valence-corrected chi connectivity index (χ2v) is 5.76. The van der Waals surface area contributed by atoms with Gasteiger partial charge in [0.1, 0.15) is 5.82 Å². The van der Waals surface area contributed by atoms with Crippen molar-refractivity contribution >= 4 is 23.6 Å². The van der Waals surface area contributed by atoms with Crippen molar-refractivity contribution in [1.29, 1.82) is 5.26 Å². The van der Waals surface area contributed by atoms with Crippen molar-refractivity contribution in [3.63, 3.8) is 0 Å². The third-order valence-electron chi connectivity index (χ3n) is 3.24. The van der Waals surface area contributed by atoms with Crippen LogP contribution in [0.25, 0.3) is 0 Å². The maximum atomic E-state index is 12.0. The van der Waals surface area contributed by atoms with Crippen molar-refractivity contribution in [2.75, 3.05) is 5.75 Å². The number of allylic oxidation sites excluding steroid dienone is 1. The van der Waals surface area contributed by atoms with Crippen LogP contribution in [0.15, 0.2) is 52.3 Å². The van der Waals surface area contributed by atoms with Crippen molar-refractivity contribution in [2.45, 2.75) is 5.92 Å². The first-order valence-corrected chi connectivity index (χ1v) is 7.61. The van der Waals surface area contributed by atoms with Gasteiger partial charge in [-0.3, -0.25) is 9.59 Å². The molecule has 0 spiro atoms. The number of nitriles is 1. The van der Waals surface area contributed by atoms with Gasteiger partial charge >= 0.3 is 0 Å². The number of nitrogens with zero attached hydrogens (tertiary/aromatic N) is 1. The van der Waals surface area contributed by atoms with E-state index in [1.807, 2.05) is 12.1 Å². The van der Waals surface area contributed by atoms with Crippen LogP contribution in [0.1, 0.15) is 11.5 Å². The van der Waals surface area contributed by atoms with E-state index in [4.69, 9.17) is 17.2 Å². The molecular weight excluding hydrogens is 314 g/mol. The zero-order valence-electron chi connectivity index (χ0n) is 12.1. The lowest BCUT2D eigenvalue weighted by atomic mass is 9.83. The summed E-state index contributed by atoms with van der Waals surface area (Å²) in [7, 11) is 0. The van der Waals surface area contributed by atoms with E-state index in [0.717, 1.165) is 11.8 Å². The first kappa shape index (κ1) is 16.5. The van der Waals surface area contributed by atoms with Gasteiger partial charge in [-0.25, -0.2) is 0 Å². The Labute approximate surface area is 137 Å². The van der Waals surface area contributed by atoms with Gasteiger partial charge in [0.15, 0.2) is 0 Å². The highest BCUT2D eigenvalue weighted by atomic mass is 32.2. The maximum Gasteiger partial charge on any atom is 0.248 e. The monoisotopic (exact) mass is 329 g/mol. The molecule has 1 aliphatic rings. The number of nitrogens with two attached hydrogens (primary N) is 3. The molecule has 0 fully saturated rings. The van der Waals surface area contributed by atoms with Crippen molar-refractivity contribution in [2.24, 2.45) is 17.2 Å². The fourth-order valence-corrected chi connectivity index (χ4v) is 3.15. The summed E-state index contributed by atoms with van der Waals surface area (Å²) in [4.78, 5) is 23.0. The van der Waals surface area contributed by atoms with E-state index in [1.54, 1.807) is 24.3 Å². The molecular formula is C15H15N5O2S. The Morgan fingerprint density at radius 3 is 2.43 bits per heavy atom. The number of hydrogen-bond donors (Lipinski definition) is 4. The zero-order valence-corrected chi connectivity index (χ0v) is 12.9. The number of amides is 2. The minimum Gasteiger partial charge on any atom is -0.384 e. The number of benzene rings is 1. The molecule has 0 aliphatic carbocycles. The first-order chi connectivity index (χ1) is 11.0. The van der Waals surface area contributed by atoms with Crippen LogP contribution in [0.5, 0.6) is 0 Å². The minimum absolute atomic E-state index is 0.0458. The average Bonchev–Trinajstić information content (AvgIpc) is 2.52. The van der Waals surface area contributed by atoms with Gasteiger partial charge in [0, 0.05) is 0 Å². The highest BCUT2D eigenvalue weighted by Gasteiger charge is 2.34. The minimum atomic E-state index is -0.696. The molecule has 1 aliphatic heterocycles. The number of carbonyl (C=O) groups excluding carboxylic acids is 2. The van der Waals surface area contributed by atoms with Crippen LogP contribution in [0, 0.1) is 11.3 Å². The molecule has 0 bridgehead atoms. The third kappa shape index (κ3) is 3.46. The lowest BCUT2D eigenvalue weighted by Crippen LogP contribution is -2.34. The lowest BCUT2D eigenvalue weighted by molar-refractivity contribution is -0.116. The largest absolute Gasteiger partial charge is 0.384 e. The van der Waals surface area contributed by atoms with Crippen LogP contribution in [0.2, 0.25) is 0 Å². The van der Waals surface area contributed by atoms with E-state index in [2.05, 4.69) is 5.32 Å². The number of primary amides is 2. The second kappa shape index (κ2) is 6.89. The van der Waals surface area contributed by atoms with Gasteiger partial charge in [-0.1, -0.05) is 42.1 Å². The number of thioether (sulfide) groups is 1. The third-order valence-corrected chi connectivity index (χ3v) is 4.28. The normalized spacial score (nSPS) is 17.4. The topological polar surface area (TPSA) is 148 Å². The summed E-state index contributed by atoms with van der Waals surface area (Å²) in [6.45, 7) is 0. The average molecular weight is 329 g/mol. The van der Waals surface area contributed by atoms with Gasteiger partial charge in [-0.05, 0) is 5.56 Å². The standard InChI is InChI=1S/C15H15N5O2S/c16-6-9-11(8-4-2-1-3-5-8)12(14(19)22)15(20-13(9)18)23-7-10(17)21/h1-5,11,20H,7,18H2,(H2,17,21)(H2,19,22). The van der Waals surface area contributed by atoms with Gasteiger partial charge in [0.25, 0.3) is 0 Å². The van der Waals surface area contributed by atoms with Gasteiger partial charge in [-0.15, -0.1) is 0 Å². The molecule has 2 amide bonds. The van der Waals surface area contributed by atoms with Crippen LogP contribution in [-0.2, 0) is 9.59 Å². The van der Waals surface area contributed by atoms with E-state index in [0.29, 0.717) is 10.6 Å². The zero-order chi connectivity index (χ0) is 17.0. The Bertz CT molecular complexity index is 749. The molecule has 0 aromatic heterocycles. The molecule has 0 radical (unpaired) electrons. The second-order valence-electron chi connectivity index (χ2n) is 4.77. The van der Waals surface area contributed by atoms with Crippen LogP contribution in [0.4, 0.5) is 0 Å². The fourth-order valence-electron chi connectivity index (χ4n) is 2.30. The molecule has 1 heterocycles. The number of hydrogen-bond acceptors (Lipinski definition) is 6. The Hall–Kier alpha value is -2.92. The Kier molecular flexibility index (Phi) is 4.93. The molecule has 8 heteroatoms. The van der Waals surface area contributed by atoms with Crippen molar-refractivity contribution < 1.29 is 9.59 Å². The molecule has 0 saturated heterocycles. The van der Waals surface area contributed by atoms with Gasteiger partial charge < -0.3 is 22.5 Å². The molecule has 7 N–H and O–H groups in total. The molecule has 1 atom stereocenters. The maximum absolute atomic E-state index is 12.0. The Morgan fingerprint density at radius 1 is 1.26 bits per heavy atom. The van der Waals surface area contributed by atoms with E-state index >= 15 is 0 Å². The van der Waals surface area contributed by atoms with Crippen LogP contribution >= 0.6 is 11.8 Å². The summed E-state index contributed by atoms with van der Waals surface area (Å²) in [5, 5.41) is 12.5. The number of dihydropyridines is 1. The number of carbonyl (C=O) groups is 2. The Morgan fingerprint density at radius 2 is 1.91 bits per heavy atom. The smallest absolute Gasteiger partial charge is 0.248 e. The van der Waals surface area contributed by atoms with Crippen molar-refractivity contribution in [3.8, 4) is 6.07 Å². The highest BCUT2D eigenvalue weighted by Crippen LogP contribution is 2.39. The van der Waals surface area contributed by atoms with Crippen molar-refractivity contribution in [1.82, 2.24) is 5.32 Å². The number of rotatable bonds is 5. The molecule has 1 unspecified atom stereocenters. The summed E-state index contributed by atoms with van der Waals surface area (Å²) < 4.78 is 0. The molecule has 7 nitrogen and oxygen atoms in total. The van der Waals surface area contributed by atoms with Gasteiger partial charge in [-0.2, -0.15) is 5.26 Å². The van der Waals surface area contributed by atoms with Gasteiger partial charge in [0.2, 0.25) is 11.8 Å². The molecule has 1 aromatic rings. The molecule has 1 aromatic carbocycles. The van der Waals surface area contributed by atoms with E-state index < -0.39 is 17.7 Å². The first-order valence-electron chi connectivity index (χ1n) is 6.62. The predicted molar refractivity (Wildman–Crippen MR) is 87.0 cm³/mol. The van der Waals surface area contributed by atoms with Crippen LogP contribution in [0.3, 0.4) is 0 Å². The lowest BCUT2D eigenvalue weighted by Gasteiger charge is -2.28. The van der Waals surface area contributed by atoms with E-state index in [1.165, 1.54) is 0 Å². The summed E-state index contributed by atoms with van der Waals surface area (Å²) in [5.74, 6) is -1.85. The quantitative estimate of drug-likeness (QED) is 0.597. The highest BCUT2D eigenvalue weighted by molar-refractivity contribution is 8.03. The predicted octanol–water partition coefficient (Wildman–Crippen LogP) is -0.0173. The molecule has 2 rings (SSSR count). The summed E-state index contributed by atoms with van der Waals surface area (Å²) in [6, 6.07) is 11.0. The molecule has 118 valence electrons. The summed E-state index contributed by atoms with van der Waals surface area (Å²) in [6.07, 6.45) is 0.